The first kappa shape index (κ1) is 23.3. The van der Waals surface area contributed by atoms with Crippen molar-refractivity contribution in [3.05, 3.63) is 63.4 Å². The van der Waals surface area contributed by atoms with Crippen molar-refractivity contribution >= 4 is 40.7 Å². The van der Waals surface area contributed by atoms with E-state index in [2.05, 4.69) is 5.32 Å². The van der Waals surface area contributed by atoms with Gasteiger partial charge in [0.25, 0.3) is 5.91 Å². The molecule has 0 atom stereocenters. The zero-order chi connectivity index (χ0) is 22.8. The Balaban J connectivity index is 1.57. The van der Waals surface area contributed by atoms with E-state index in [0.717, 1.165) is 24.3 Å². The molecular weight excluding hydrogens is 461 g/mol. The molecule has 0 saturated carbocycles. The number of amides is 2. The molecule has 1 N–H and O–H groups in total. The van der Waals surface area contributed by atoms with E-state index in [0.29, 0.717) is 13.1 Å². The average Bonchev–Trinajstić information content (AvgIpc) is 2.68. The van der Waals surface area contributed by atoms with Gasteiger partial charge in [-0.25, -0.2) is 4.39 Å². The van der Waals surface area contributed by atoms with Gasteiger partial charge in [0.05, 0.1) is 28.4 Å². The smallest absolute Gasteiger partial charge is 0.336 e. The maximum Gasteiger partial charge on any atom is 0.418 e. The third-order valence-electron chi connectivity index (χ3n) is 4.75. The summed E-state index contributed by atoms with van der Waals surface area (Å²) in [5, 5.41) is 2.19. The fourth-order valence-corrected chi connectivity index (χ4v) is 3.62. The Morgan fingerprint density at radius 2 is 1.68 bits per heavy atom. The second-order valence-electron chi connectivity index (χ2n) is 6.93. The molecular formula is C20H17Cl2F4N3O2. The predicted octanol–water partition coefficient (Wildman–Crippen LogP) is 4.55. The molecule has 5 nitrogen and oxygen atoms in total. The molecule has 166 valence electrons. The van der Waals surface area contributed by atoms with Crippen LogP contribution < -0.4 is 5.32 Å². The van der Waals surface area contributed by atoms with Crippen molar-refractivity contribution in [1.82, 2.24) is 9.80 Å². The number of halogens is 6. The Hall–Kier alpha value is -2.36. The fourth-order valence-electron chi connectivity index (χ4n) is 3.20. The van der Waals surface area contributed by atoms with Gasteiger partial charge in [0.15, 0.2) is 0 Å². The zero-order valence-electron chi connectivity index (χ0n) is 16.0. The molecule has 0 unspecified atom stereocenters. The molecule has 1 saturated heterocycles. The minimum atomic E-state index is -4.67. The van der Waals surface area contributed by atoms with Gasteiger partial charge in [-0.2, -0.15) is 13.2 Å². The van der Waals surface area contributed by atoms with Gasteiger partial charge in [-0.1, -0.05) is 23.2 Å². The topological polar surface area (TPSA) is 52.7 Å². The van der Waals surface area contributed by atoms with Gasteiger partial charge in [-0.05, 0) is 36.4 Å². The lowest BCUT2D eigenvalue weighted by Crippen LogP contribution is -2.50. The molecule has 0 bridgehead atoms. The summed E-state index contributed by atoms with van der Waals surface area (Å²) >= 11 is 11.6. The summed E-state index contributed by atoms with van der Waals surface area (Å²) in [4.78, 5) is 28.1. The number of anilines is 1. The summed E-state index contributed by atoms with van der Waals surface area (Å²) in [5.41, 5.74) is -1.22. The van der Waals surface area contributed by atoms with Gasteiger partial charge >= 0.3 is 6.18 Å². The monoisotopic (exact) mass is 477 g/mol. The molecule has 1 aliphatic rings. The number of piperazine rings is 1. The normalized spacial score (nSPS) is 15.1. The van der Waals surface area contributed by atoms with Crippen LogP contribution in [0.1, 0.15) is 15.9 Å². The van der Waals surface area contributed by atoms with E-state index >= 15 is 0 Å². The maximum absolute atomic E-state index is 13.2. The number of alkyl halides is 3. The summed E-state index contributed by atoms with van der Waals surface area (Å²) in [5.74, 6) is -1.52. The number of carbonyl (C=O) groups excluding carboxylic acids is 2. The van der Waals surface area contributed by atoms with Crippen LogP contribution in [-0.2, 0) is 11.0 Å². The van der Waals surface area contributed by atoms with Crippen molar-refractivity contribution in [2.24, 2.45) is 0 Å². The van der Waals surface area contributed by atoms with E-state index in [1.807, 2.05) is 0 Å². The molecule has 2 aromatic carbocycles. The van der Waals surface area contributed by atoms with E-state index in [-0.39, 0.29) is 46.8 Å². The third-order valence-corrected chi connectivity index (χ3v) is 5.30. The van der Waals surface area contributed by atoms with Crippen LogP contribution in [0.4, 0.5) is 23.2 Å². The highest BCUT2D eigenvalue weighted by Gasteiger charge is 2.34. The number of benzene rings is 2. The first-order chi connectivity index (χ1) is 14.5. The molecule has 0 aliphatic carbocycles. The molecule has 11 heteroatoms. The second kappa shape index (κ2) is 9.42. The van der Waals surface area contributed by atoms with Crippen molar-refractivity contribution in [2.75, 3.05) is 38.0 Å². The van der Waals surface area contributed by atoms with Crippen LogP contribution in [0.5, 0.6) is 0 Å². The Morgan fingerprint density at radius 1 is 1.00 bits per heavy atom. The molecule has 31 heavy (non-hydrogen) atoms. The molecule has 2 aromatic rings. The van der Waals surface area contributed by atoms with E-state index < -0.39 is 23.5 Å². The van der Waals surface area contributed by atoms with Crippen LogP contribution in [0.15, 0.2) is 36.4 Å². The highest BCUT2D eigenvalue weighted by Crippen LogP contribution is 2.36. The number of carbonyl (C=O) groups is 2. The maximum atomic E-state index is 13.2. The van der Waals surface area contributed by atoms with Crippen LogP contribution >= 0.6 is 23.2 Å². The predicted molar refractivity (Wildman–Crippen MR) is 109 cm³/mol. The quantitative estimate of drug-likeness (QED) is 0.657. The molecule has 0 spiro atoms. The standard InChI is InChI=1S/C20H17Cl2F4N3O2/c21-12-1-4-17(15(9-12)20(24,25)26)27-18(30)11-28-5-7-29(8-6-28)19(31)14-3-2-13(23)10-16(14)22/h1-4,9-10H,5-8,11H2,(H,27,30). The van der Waals surface area contributed by atoms with Gasteiger partial charge in [-0.15, -0.1) is 0 Å². The summed E-state index contributed by atoms with van der Waals surface area (Å²) in [7, 11) is 0. The van der Waals surface area contributed by atoms with E-state index in [1.54, 1.807) is 4.90 Å². The third kappa shape index (κ3) is 5.87. The van der Waals surface area contributed by atoms with Crippen molar-refractivity contribution < 1.29 is 27.2 Å². The van der Waals surface area contributed by atoms with Crippen molar-refractivity contribution in [3.8, 4) is 0 Å². The number of nitrogens with zero attached hydrogens (tertiary/aromatic N) is 2. The largest absolute Gasteiger partial charge is 0.418 e. The van der Waals surface area contributed by atoms with Gasteiger partial charge in [0, 0.05) is 31.2 Å². The fraction of sp³-hybridized carbons (Fsp3) is 0.300. The van der Waals surface area contributed by atoms with E-state index in [9.17, 15) is 27.2 Å². The first-order valence-electron chi connectivity index (χ1n) is 9.18. The molecule has 3 rings (SSSR count). The number of hydrogen-bond acceptors (Lipinski definition) is 3. The first-order valence-corrected chi connectivity index (χ1v) is 9.93. The number of hydrogen-bond donors (Lipinski definition) is 1. The van der Waals surface area contributed by atoms with Crippen molar-refractivity contribution in [1.29, 1.82) is 0 Å². The van der Waals surface area contributed by atoms with Gasteiger partial charge < -0.3 is 10.2 Å². The number of rotatable bonds is 4. The van der Waals surface area contributed by atoms with E-state index in [4.69, 9.17) is 23.2 Å². The Bertz CT molecular complexity index is 993. The van der Waals surface area contributed by atoms with Crippen LogP contribution in [0.2, 0.25) is 10.0 Å². The minimum Gasteiger partial charge on any atom is -0.336 e. The lowest BCUT2D eigenvalue weighted by Gasteiger charge is -2.34. The molecule has 1 heterocycles. The SMILES string of the molecule is O=C(CN1CCN(C(=O)c2ccc(F)cc2Cl)CC1)Nc1ccc(Cl)cc1C(F)(F)F. The second-order valence-corrected chi connectivity index (χ2v) is 7.77. The molecule has 1 aliphatic heterocycles. The lowest BCUT2D eigenvalue weighted by molar-refractivity contribution is -0.137. The average molecular weight is 478 g/mol. The Kier molecular flexibility index (Phi) is 7.08. The summed E-state index contributed by atoms with van der Waals surface area (Å²) in [6.45, 7) is 1.11. The van der Waals surface area contributed by atoms with Crippen LogP contribution in [-0.4, -0.2) is 54.3 Å². The number of nitrogens with one attached hydrogen (secondary N) is 1. The van der Waals surface area contributed by atoms with Crippen molar-refractivity contribution in [2.45, 2.75) is 6.18 Å². The van der Waals surface area contributed by atoms with Crippen LogP contribution in [0.25, 0.3) is 0 Å². The Morgan fingerprint density at radius 3 is 2.29 bits per heavy atom. The highest BCUT2D eigenvalue weighted by atomic mass is 35.5. The van der Waals surface area contributed by atoms with Gasteiger partial charge in [0.1, 0.15) is 5.82 Å². The van der Waals surface area contributed by atoms with E-state index in [1.165, 1.54) is 17.0 Å². The van der Waals surface area contributed by atoms with Gasteiger partial charge in [0.2, 0.25) is 5.91 Å². The van der Waals surface area contributed by atoms with Crippen molar-refractivity contribution in [3.63, 3.8) is 0 Å². The minimum absolute atomic E-state index is 0.00948. The molecule has 0 aromatic heterocycles. The summed E-state index contributed by atoms with van der Waals surface area (Å²) < 4.78 is 52.6. The molecule has 1 fully saturated rings. The molecule has 0 radical (unpaired) electrons. The Labute approximate surface area is 185 Å². The van der Waals surface area contributed by atoms with Crippen LogP contribution in [0.3, 0.4) is 0 Å². The summed E-state index contributed by atoms with van der Waals surface area (Å²) in [6.07, 6.45) is -4.67. The van der Waals surface area contributed by atoms with Gasteiger partial charge in [-0.3, -0.25) is 14.5 Å². The highest BCUT2D eigenvalue weighted by molar-refractivity contribution is 6.33. The lowest BCUT2D eigenvalue weighted by atomic mass is 10.1. The zero-order valence-corrected chi connectivity index (χ0v) is 17.5. The summed E-state index contributed by atoms with van der Waals surface area (Å²) in [6, 6.07) is 6.63. The van der Waals surface area contributed by atoms with Crippen LogP contribution in [0, 0.1) is 5.82 Å². The molecule has 2 amide bonds.